The highest BCUT2D eigenvalue weighted by Gasteiger charge is 2.39. The molecule has 6 N–H and O–H groups in total. The number of benzene rings is 4. The summed E-state index contributed by atoms with van der Waals surface area (Å²) < 4.78 is 6.49. The van der Waals surface area contributed by atoms with Gasteiger partial charge in [-0.2, -0.15) is 0 Å². The Bertz CT molecular complexity index is 1630. The van der Waals surface area contributed by atoms with E-state index < -0.39 is 5.78 Å². The maximum atomic E-state index is 14.4. The Balaban J connectivity index is 1.70. The third kappa shape index (κ3) is 5.02. The van der Waals surface area contributed by atoms with Crippen molar-refractivity contribution in [1.29, 1.82) is 0 Å². The van der Waals surface area contributed by atoms with Crippen LogP contribution in [0, 0.1) is 13.8 Å². The highest BCUT2D eigenvalue weighted by Crippen LogP contribution is 2.46. The summed E-state index contributed by atoms with van der Waals surface area (Å²) in [5.74, 6) is -0.446. The van der Waals surface area contributed by atoms with Gasteiger partial charge < -0.3 is 26.8 Å². The van der Waals surface area contributed by atoms with Gasteiger partial charge in [-0.05, 0) is 66.5 Å². The molecule has 0 bridgehead atoms. The zero-order chi connectivity index (χ0) is 28.6. The first-order chi connectivity index (χ1) is 19.2. The lowest BCUT2D eigenvalue weighted by Crippen LogP contribution is -2.26. The van der Waals surface area contributed by atoms with Crippen molar-refractivity contribution in [2.24, 2.45) is 0 Å². The predicted octanol–water partition coefficient (Wildman–Crippen LogP) is 7.67. The Morgan fingerprint density at radius 2 is 1.20 bits per heavy atom. The Morgan fingerprint density at radius 1 is 0.725 bits per heavy atom. The number of ketones is 2. The first-order valence-electron chi connectivity index (χ1n) is 13.2. The molecular formula is C32H31BrN4O3. The first kappa shape index (κ1) is 27.3. The van der Waals surface area contributed by atoms with Gasteiger partial charge in [0.2, 0.25) is 0 Å². The quantitative estimate of drug-likeness (QED) is 0.107. The highest BCUT2D eigenvalue weighted by molar-refractivity contribution is 9.10. The van der Waals surface area contributed by atoms with Crippen molar-refractivity contribution in [3.63, 3.8) is 0 Å². The average Bonchev–Trinajstić information content (AvgIpc) is 2.93. The number of hydrogen-bond acceptors (Lipinski definition) is 7. The van der Waals surface area contributed by atoms with Crippen molar-refractivity contribution >= 4 is 61.6 Å². The number of halogens is 1. The highest BCUT2D eigenvalue weighted by atomic mass is 79.9. The molecule has 1 aliphatic rings. The van der Waals surface area contributed by atoms with E-state index >= 15 is 0 Å². The SMILES string of the molecule is CCCCOc1cc(Nc2ccc(C)cc2)c2c(c1N)C(=O)c1c(N)c(Br)cc(Nc3ccc(C)cc3)c1C2=O. The van der Waals surface area contributed by atoms with Crippen molar-refractivity contribution in [3.8, 4) is 5.75 Å². The van der Waals surface area contributed by atoms with Crippen LogP contribution in [-0.4, -0.2) is 18.2 Å². The Kier molecular flexibility index (Phi) is 7.54. The van der Waals surface area contributed by atoms with E-state index in [2.05, 4.69) is 33.5 Å². The van der Waals surface area contributed by atoms with E-state index in [4.69, 9.17) is 16.2 Å². The fraction of sp³-hybridized carbons (Fsp3) is 0.188. The topological polar surface area (TPSA) is 119 Å². The van der Waals surface area contributed by atoms with Gasteiger partial charge >= 0.3 is 0 Å². The number of anilines is 6. The largest absolute Gasteiger partial charge is 0.491 e. The van der Waals surface area contributed by atoms with Crippen LogP contribution >= 0.6 is 15.9 Å². The second kappa shape index (κ2) is 11.1. The van der Waals surface area contributed by atoms with Crippen LogP contribution in [0.15, 0.2) is 65.1 Å². The molecule has 204 valence electrons. The molecule has 0 saturated carbocycles. The summed E-state index contributed by atoms with van der Waals surface area (Å²) in [6.45, 7) is 6.49. The Hall–Kier alpha value is -4.30. The van der Waals surface area contributed by atoms with Gasteiger partial charge in [-0.15, -0.1) is 0 Å². The second-order valence-electron chi connectivity index (χ2n) is 10.00. The number of ether oxygens (including phenoxy) is 1. The van der Waals surface area contributed by atoms with Crippen molar-refractivity contribution in [2.75, 3.05) is 28.7 Å². The van der Waals surface area contributed by atoms with Gasteiger partial charge in [-0.1, -0.05) is 48.7 Å². The number of carbonyl (C=O) groups is 2. The number of hydrogen-bond donors (Lipinski definition) is 4. The fourth-order valence-corrected chi connectivity index (χ4v) is 5.19. The lowest BCUT2D eigenvalue weighted by molar-refractivity contribution is 0.0981. The number of rotatable bonds is 8. The standard InChI is InChI=1S/C32H31BrN4O3/c1-4-5-14-40-24-16-23(37-20-12-8-18(3)9-13-20)26-28(30(24)35)32(39)27-25(31(26)38)22(15-21(33)29(27)34)36-19-10-6-17(2)7-11-19/h6-13,15-16,36-37H,4-5,14,34-35H2,1-3H3. The Morgan fingerprint density at radius 3 is 1.73 bits per heavy atom. The molecule has 1 aliphatic carbocycles. The maximum Gasteiger partial charge on any atom is 0.199 e. The molecule has 0 aromatic heterocycles. The summed E-state index contributed by atoms with van der Waals surface area (Å²) in [7, 11) is 0. The summed E-state index contributed by atoms with van der Waals surface area (Å²) in [5.41, 5.74) is 18.5. The van der Waals surface area contributed by atoms with Crippen molar-refractivity contribution in [1.82, 2.24) is 0 Å². The van der Waals surface area contributed by atoms with Crippen LogP contribution in [0.5, 0.6) is 5.75 Å². The van der Waals surface area contributed by atoms with Crippen molar-refractivity contribution in [3.05, 3.63) is 98.5 Å². The van der Waals surface area contributed by atoms with Crippen LogP contribution in [0.25, 0.3) is 0 Å². The van der Waals surface area contributed by atoms with Gasteiger partial charge in [0.15, 0.2) is 11.6 Å². The van der Waals surface area contributed by atoms with E-state index in [1.165, 1.54) is 0 Å². The predicted molar refractivity (Wildman–Crippen MR) is 166 cm³/mol. The molecule has 0 spiro atoms. The van der Waals surface area contributed by atoms with Crippen LogP contribution < -0.4 is 26.8 Å². The van der Waals surface area contributed by atoms with E-state index in [1.54, 1.807) is 12.1 Å². The summed E-state index contributed by atoms with van der Waals surface area (Å²) in [6.07, 6.45) is 1.76. The van der Waals surface area contributed by atoms with E-state index in [9.17, 15) is 9.59 Å². The van der Waals surface area contributed by atoms with Gasteiger partial charge in [0.05, 0.1) is 51.6 Å². The molecule has 0 fully saturated rings. The van der Waals surface area contributed by atoms with Crippen molar-refractivity contribution < 1.29 is 14.3 Å². The van der Waals surface area contributed by atoms with Crippen LogP contribution in [0.1, 0.15) is 62.7 Å². The fourth-order valence-electron chi connectivity index (χ4n) is 4.76. The van der Waals surface area contributed by atoms with Gasteiger partial charge in [0.1, 0.15) is 5.75 Å². The van der Waals surface area contributed by atoms with Crippen LogP contribution in [0.2, 0.25) is 0 Å². The number of nitrogens with one attached hydrogen (secondary N) is 2. The van der Waals surface area contributed by atoms with E-state index in [-0.39, 0.29) is 39.4 Å². The lowest BCUT2D eigenvalue weighted by atomic mass is 9.80. The minimum Gasteiger partial charge on any atom is -0.491 e. The molecule has 8 heteroatoms. The number of nitrogen functional groups attached to an aromatic ring is 2. The molecule has 0 unspecified atom stereocenters. The van der Waals surface area contributed by atoms with Gasteiger partial charge in [0.25, 0.3) is 0 Å². The maximum absolute atomic E-state index is 14.4. The molecule has 4 aromatic carbocycles. The Labute approximate surface area is 242 Å². The monoisotopic (exact) mass is 598 g/mol. The van der Waals surface area contributed by atoms with E-state index in [1.807, 2.05) is 62.4 Å². The molecule has 0 atom stereocenters. The molecule has 5 rings (SSSR count). The summed E-state index contributed by atoms with van der Waals surface area (Å²) >= 11 is 3.48. The van der Waals surface area contributed by atoms with Crippen LogP contribution in [0.3, 0.4) is 0 Å². The lowest BCUT2D eigenvalue weighted by Gasteiger charge is -2.27. The van der Waals surface area contributed by atoms with E-state index in [0.29, 0.717) is 28.2 Å². The van der Waals surface area contributed by atoms with Crippen molar-refractivity contribution in [2.45, 2.75) is 33.6 Å². The molecule has 0 saturated heterocycles. The van der Waals surface area contributed by atoms with Crippen LogP contribution in [-0.2, 0) is 0 Å². The molecule has 0 aliphatic heterocycles. The molecule has 7 nitrogen and oxygen atoms in total. The molecule has 4 aromatic rings. The normalized spacial score (nSPS) is 12.1. The minimum absolute atomic E-state index is 0.0900. The van der Waals surface area contributed by atoms with Gasteiger partial charge in [-0.25, -0.2) is 0 Å². The third-order valence-electron chi connectivity index (χ3n) is 6.97. The number of aryl methyl sites for hydroxylation is 2. The van der Waals surface area contributed by atoms with Gasteiger partial charge in [-0.3, -0.25) is 9.59 Å². The number of unbranched alkanes of at least 4 members (excludes halogenated alkanes) is 1. The molecular weight excluding hydrogens is 568 g/mol. The smallest absolute Gasteiger partial charge is 0.199 e. The summed E-state index contributed by atoms with van der Waals surface area (Å²) in [4.78, 5) is 28.6. The molecule has 0 heterocycles. The average molecular weight is 600 g/mol. The van der Waals surface area contributed by atoms with Gasteiger partial charge in [0, 0.05) is 21.9 Å². The number of nitrogens with two attached hydrogens (primary N) is 2. The first-order valence-corrected chi connectivity index (χ1v) is 14.0. The minimum atomic E-state index is -0.430. The number of carbonyl (C=O) groups excluding carboxylic acids is 2. The zero-order valence-electron chi connectivity index (χ0n) is 22.7. The molecule has 40 heavy (non-hydrogen) atoms. The summed E-state index contributed by atoms with van der Waals surface area (Å²) in [6, 6.07) is 19.0. The zero-order valence-corrected chi connectivity index (χ0v) is 24.2. The molecule has 0 amide bonds. The number of fused-ring (bicyclic) bond motifs is 2. The third-order valence-corrected chi connectivity index (χ3v) is 7.63. The van der Waals surface area contributed by atoms with Crippen LogP contribution in [0.4, 0.5) is 34.1 Å². The van der Waals surface area contributed by atoms with E-state index in [0.717, 1.165) is 35.3 Å². The molecule has 0 radical (unpaired) electrons. The second-order valence-corrected chi connectivity index (χ2v) is 10.9. The summed E-state index contributed by atoms with van der Waals surface area (Å²) in [5, 5.41) is 6.64.